The third kappa shape index (κ3) is 2.27. The molecule has 1 aromatic rings. The van der Waals surface area contributed by atoms with Gasteiger partial charge in [0.1, 0.15) is 0 Å². The minimum Gasteiger partial charge on any atom is -0.390 e. The van der Waals surface area contributed by atoms with Crippen LogP contribution in [0.15, 0.2) is 4.42 Å². The third-order valence-corrected chi connectivity index (χ3v) is 3.24. The Balaban J connectivity index is 1.78. The van der Waals surface area contributed by atoms with E-state index in [1.165, 1.54) is 17.9 Å². The van der Waals surface area contributed by atoms with Gasteiger partial charge in [-0.25, -0.2) is 0 Å². The highest BCUT2D eigenvalue weighted by atomic mass is 32.2. The summed E-state index contributed by atoms with van der Waals surface area (Å²) >= 11 is 1.99. The van der Waals surface area contributed by atoms with Crippen molar-refractivity contribution in [3.05, 3.63) is 0 Å². The molecule has 1 fully saturated rings. The van der Waals surface area contributed by atoms with Gasteiger partial charge in [-0.05, 0) is 23.8 Å². The summed E-state index contributed by atoms with van der Waals surface area (Å²) in [5.74, 6) is 3.20. The van der Waals surface area contributed by atoms with Crippen molar-refractivity contribution in [3.8, 4) is 0 Å². The second kappa shape index (κ2) is 3.87. The standard InChI is InChI=1S/C7H12N4OS/c8-6-10-11-7(12-6)9-3-5-1-2-13-4-5/h5H,1-4H2,(H2,8,10)(H,9,11). The summed E-state index contributed by atoms with van der Waals surface area (Å²) in [5, 5.41) is 10.3. The maximum Gasteiger partial charge on any atom is 0.316 e. The van der Waals surface area contributed by atoms with Crippen LogP contribution < -0.4 is 11.1 Å². The lowest BCUT2D eigenvalue weighted by atomic mass is 10.1. The molecule has 3 N–H and O–H groups in total. The van der Waals surface area contributed by atoms with Crippen LogP contribution in [0.4, 0.5) is 12.0 Å². The lowest BCUT2D eigenvalue weighted by Crippen LogP contribution is -2.13. The van der Waals surface area contributed by atoms with Gasteiger partial charge in [0.15, 0.2) is 0 Å². The van der Waals surface area contributed by atoms with Gasteiger partial charge in [0.2, 0.25) is 0 Å². The Hall–Kier alpha value is -0.910. The Bertz CT molecular complexity index is 271. The molecule has 1 aliphatic rings. The Morgan fingerprint density at radius 1 is 1.62 bits per heavy atom. The van der Waals surface area contributed by atoms with Crippen LogP contribution in [0.5, 0.6) is 0 Å². The third-order valence-electron chi connectivity index (χ3n) is 2.01. The lowest BCUT2D eigenvalue weighted by Gasteiger charge is -2.06. The topological polar surface area (TPSA) is 77.0 Å². The van der Waals surface area contributed by atoms with Crippen LogP contribution in [0.2, 0.25) is 0 Å². The molecule has 1 aliphatic heterocycles. The van der Waals surface area contributed by atoms with Crippen molar-refractivity contribution in [1.29, 1.82) is 0 Å². The molecule has 0 aliphatic carbocycles. The second-order valence-electron chi connectivity index (χ2n) is 3.06. The highest BCUT2D eigenvalue weighted by molar-refractivity contribution is 7.99. The van der Waals surface area contributed by atoms with Crippen molar-refractivity contribution >= 4 is 23.8 Å². The molecule has 13 heavy (non-hydrogen) atoms. The van der Waals surface area contributed by atoms with E-state index in [0.717, 1.165) is 12.5 Å². The van der Waals surface area contributed by atoms with E-state index in [1.54, 1.807) is 0 Å². The average Bonchev–Trinajstić information content (AvgIpc) is 2.71. The summed E-state index contributed by atoms with van der Waals surface area (Å²) in [5.41, 5.74) is 5.28. The van der Waals surface area contributed by atoms with Crippen LogP contribution in [-0.4, -0.2) is 28.2 Å². The number of hydrogen-bond donors (Lipinski definition) is 2. The van der Waals surface area contributed by atoms with Gasteiger partial charge in [0, 0.05) is 6.54 Å². The summed E-state index contributed by atoms with van der Waals surface area (Å²) in [7, 11) is 0. The van der Waals surface area contributed by atoms with Crippen LogP contribution in [0.25, 0.3) is 0 Å². The number of nitrogen functional groups attached to an aromatic ring is 1. The second-order valence-corrected chi connectivity index (χ2v) is 4.21. The largest absolute Gasteiger partial charge is 0.390 e. The van der Waals surface area contributed by atoms with Crippen molar-refractivity contribution in [2.24, 2.45) is 5.92 Å². The number of rotatable bonds is 3. The van der Waals surface area contributed by atoms with Gasteiger partial charge < -0.3 is 15.5 Å². The predicted molar refractivity (Wildman–Crippen MR) is 52.6 cm³/mol. The van der Waals surface area contributed by atoms with E-state index in [-0.39, 0.29) is 6.01 Å². The van der Waals surface area contributed by atoms with E-state index < -0.39 is 0 Å². The van der Waals surface area contributed by atoms with Gasteiger partial charge in [-0.15, -0.1) is 0 Å². The molecule has 0 amide bonds. The molecule has 1 saturated heterocycles. The SMILES string of the molecule is Nc1nnc(NCC2CCSC2)o1. The number of nitrogens with zero attached hydrogens (tertiary/aromatic N) is 2. The monoisotopic (exact) mass is 200 g/mol. The highest BCUT2D eigenvalue weighted by Gasteiger charge is 2.15. The van der Waals surface area contributed by atoms with E-state index in [4.69, 9.17) is 10.2 Å². The molecule has 0 saturated carbocycles. The molecular weight excluding hydrogens is 188 g/mol. The van der Waals surface area contributed by atoms with Gasteiger partial charge in [0.25, 0.3) is 0 Å². The molecular formula is C7H12N4OS. The van der Waals surface area contributed by atoms with Crippen molar-refractivity contribution in [1.82, 2.24) is 10.2 Å². The first-order valence-corrected chi connectivity index (χ1v) is 5.40. The number of thioether (sulfide) groups is 1. The molecule has 6 heteroatoms. The molecule has 5 nitrogen and oxygen atoms in total. The zero-order valence-electron chi connectivity index (χ0n) is 7.19. The summed E-state index contributed by atoms with van der Waals surface area (Å²) in [6.07, 6.45) is 1.27. The number of aromatic nitrogens is 2. The van der Waals surface area contributed by atoms with Crippen molar-refractivity contribution < 1.29 is 4.42 Å². The number of anilines is 2. The maximum atomic E-state index is 5.28. The summed E-state index contributed by atoms with van der Waals surface area (Å²) in [6.45, 7) is 0.897. The zero-order valence-corrected chi connectivity index (χ0v) is 8.01. The Kier molecular flexibility index (Phi) is 2.58. The normalized spacial score (nSPS) is 22.0. The van der Waals surface area contributed by atoms with Gasteiger partial charge in [-0.2, -0.15) is 11.8 Å². The summed E-state index contributed by atoms with van der Waals surface area (Å²) < 4.78 is 4.98. The highest BCUT2D eigenvalue weighted by Crippen LogP contribution is 2.23. The Morgan fingerprint density at radius 2 is 2.54 bits per heavy atom. The first-order valence-electron chi connectivity index (χ1n) is 4.25. The van der Waals surface area contributed by atoms with E-state index in [1.807, 2.05) is 11.8 Å². The van der Waals surface area contributed by atoms with Crippen LogP contribution in [0.3, 0.4) is 0 Å². The minimum absolute atomic E-state index is 0.114. The minimum atomic E-state index is 0.114. The molecule has 2 heterocycles. The van der Waals surface area contributed by atoms with Gasteiger partial charge in [0.05, 0.1) is 0 Å². The fourth-order valence-corrected chi connectivity index (χ4v) is 2.57. The van der Waals surface area contributed by atoms with Crippen LogP contribution in [0, 0.1) is 5.92 Å². The van der Waals surface area contributed by atoms with Crippen LogP contribution in [-0.2, 0) is 0 Å². The van der Waals surface area contributed by atoms with E-state index >= 15 is 0 Å². The first-order chi connectivity index (χ1) is 6.34. The fourth-order valence-electron chi connectivity index (χ4n) is 1.28. The lowest BCUT2D eigenvalue weighted by molar-refractivity contribution is 0.565. The smallest absolute Gasteiger partial charge is 0.316 e. The van der Waals surface area contributed by atoms with Crippen molar-refractivity contribution in [2.75, 3.05) is 29.1 Å². The Labute approximate surface area is 80.5 Å². The van der Waals surface area contributed by atoms with E-state index in [9.17, 15) is 0 Å². The van der Waals surface area contributed by atoms with Gasteiger partial charge in [-0.3, -0.25) is 0 Å². The number of hydrogen-bond acceptors (Lipinski definition) is 6. The summed E-state index contributed by atoms with van der Waals surface area (Å²) in [4.78, 5) is 0. The summed E-state index contributed by atoms with van der Waals surface area (Å²) in [6, 6.07) is 0.540. The molecule has 0 spiro atoms. The number of nitrogens with two attached hydrogens (primary N) is 1. The van der Waals surface area contributed by atoms with Crippen LogP contribution >= 0.6 is 11.8 Å². The number of nitrogens with one attached hydrogen (secondary N) is 1. The predicted octanol–water partition coefficient (Wildman–Crippen LogP) is 0.817. The molecule has 0 aromatic carbocycles. The van der Waals surface area contributed by atoms with Crippen LogP contribution in [0.1, 0.15) is 6.42 Å². The molecule has 0 bridgehead atoms. The average molecular weight is 200 g/mol. The molecule has 1 unspecified atom stereocenters. The molecule has 1 atom stereocenters. The van der Waals surface area contributed by atoms with Crippen molar-refractivity contribution in [3.63, 3.8) is 0 Å². The zero-order chi connectivity index (χ0) is 9.10. The van der Waals surface area contributed by atoms with E-state index in [2.05, 4.69) is 15.5 Å². The van der Waals surface area contributed by atoms with Crippen molar-refractivity contribution in [2.45, 2.75) is 6.42 Å². The first kappa shape index (κ1) is 8.68. The maximum absolute atomic E-state index is 5.28. The Morgan fingerprint density at radius 3 is 3.15 bits per heavy atom. The molecule has 1 aromatic heterocycles. The molecule has 2 rings (SSSR count). The van der Waals surface area contributed by atoms with Gasteiger partial charge in [-0.1, -0.05) is 10.2 Å². The van der Waals surface area contributed by atoms with E-state index in [0.29, 0.717) is 6.01 Å². The van der Waals surface area contributed by atoms with Gasteiger partial charge >= 0.3 is 12.0 Å². The quantitative estimate of drug-likeness (QED) is 0.752. The molecule has 0 radical (unpaired) electrons. The fraction of sp³-hybridized carbons (Fsp3) is 0.714. The molecule has 72 valence electrons.